The second-order valence-corrected chi connectivity index (χ2v) is 8.15. The molecule has 196 valence electrons. The number of ether oxygens (including phenoxy) is 1. The molecule has 0 atom stereocenters. The maximum Gasteiger partial charge on any atom is 0.417 e. The standard InChI is InChI=1S/C25H15ClF5N3O4/c26-15-9-13(1-3-14(15)25(29,30)31)24(37)34-18-6-4-16(27)21(22(18)28)23(36)12-2-5-17-19(10-12)33-20(11-32-17)38-8-7-35/h1-6,9-11,35H,7-8H2,(H,34,37). The van der Waals surface area contributed by atoms with Gasteiger partial charge in [0.05, 0.1) is 45.7 Å². The Labute approximate surface area is 215 Å². The van der Waals surface area contributed by atoms with E-state index in [-0.39, 0.29) is 35.7 Å². The third-order valence-electron chi connectivity index (χ3n) is 5.23. The molecule has 4 rings (SSSR count). The highest BCUT2D eigenvalue weighted by Crippen LogP contribution is 2.35. The zero-order chi connectivity index (χ0) is 27.6. The Morgan fingerprint density at radius 3 is 2.42 bits per heavy atom. The summed E-state index contributed by atoms with van der Waals surface area (Å²) in [5.41, 5.74) is -2.67. The number of halogens is 6. The van der Waals surface area contributed by atoms with Crippen molar-refractivity contribution in [3.8, 4) is 5.88 Å². The zero-order valence-electron chi connectivity index (χ0n) is 18.9. The molecule has 0 saturated carbocycles. The van der Waals surface area contributed by atoms with Crippen LogP contribution in [0.4, 0.5) is 27.6 Å². The van der Waals surface area contributed by atoms with Gasteiger partial charge in [0, 0.05) is 11.1 Å². The van der Waals surface area contributed by atoms with Crippen LogP contribution >= 0.6 is 11.6 Å². The number of aromatic nitrogens is 2. The van der Waals surface area contributed by atoms with E-state index < -0.39 is 51.3 Å². The molecule has 0 aliphatic carbocycles. The Bertz CT molecular complexity index is 1560. The molecule has 0 bridgehead atoms. The molecule has 1 amide bonds. The lowest BCUT2D eigenvalue weighted by Crippen LogP contribution is -2.16. The van der Waals surface area contributed by atoms with Crippen LogP contribution in [0.2, 0.25) is 5.02 Å². The molecule has 1 heterocycles. The van der Waals surface area contributed by atoms with Crippen LogP contribution < -0.4 is 10.1 Å². The normalized spacial score (nSPS) is 11.4. The first kappa shape index (κ1) is 26.9. The van der Waals surface area contributed by atoms with E-state index in [0.29, 0.717) is 11.6 Å². The molecular weight excluding hydrogens is 537 g/mol. The van der Waals surface area contributed by atoms with E-state index in [4.69, 9.17) is 21.4 Å². The Kier molecular flexibility index (Phi) is 7.56. The number of carbonyl (C=O) groups excluding carboxylic acids is 2. The second-order valence-electron chi connectivity index (χ2n) is 7.74. The predicted molar refractivity (Wildman–Crippen MR) is 126 cm³/mol. The van der Waals surface area contributed by atoms with Crippen LogP contribution in [0.5, 0.6) is 5.88 Å². The van der Waals surface area contributed by atoms with Gasteiger partial charge in [-0.2, -0.15) is 13.2 Å². The van der Waals surface area contributed by atoms with Crippen molar-refractivity contribution >= 4 is 40.0 Å². The van der Waals surface area contributed by atoms with Gasteiger partial charge in [0.25, 0.3) is 5.91 Å². The number of hydrogen-bond acceptors (Lipinski definition) is 6. The van der Waals surface area contributed by atoms with Crippen molar-refractivity contribution in [2.24, 2.45) is 0 Å². The summed E-state index contributed by atoms with van der Waals surface area (Å²) in [6.45, 7) is -0.317. The van der Waals surface area contributed by atoms with E-state index in [1.807, 2.05) is 0 Å². The van der Waals surface area contributed by atoms with Gasteiger partial charge < -0.3 is 15.2 Å². The monoisotopic (exact) mass is 551 g/mol. The molecule has 1 aromatic heterocycles. The molecule has 0 aliphatic rings. The van der Waals surface area contributed by atoms with Crippen LogP contribution in [-0.4, -0.2) is 40.0 Å². The van der Waals surface area contributed by atoms with E-state index in [2.05, 4.69) is 15.3 Å². The molecule has 4 aromatic rings. The van der Waals surface area contributed by atoms with Gasteiger partial charge >= 0.3 is 6.18 Å². The van der Waals surface area contributed by atoms with Crippen molar-refractivity contribution < 1.29 is 41.4 Å². The topological polar surface area (TPSA) is 101 Å². The molecule has 0 radical (unpaired) electrons. The molecular formula is C25H15ClF5N3O4. The molecule has 0 unspecified atom stereocenters. The Balaban J connectivity index is 1.63. The van der Waals surface area contributed by atoms with Gasteiger partial charge in [0.1, 0.15) is 12.4 Å². The second kappa shape index (κ2) is 10.7. The zero-order valence-corrected chi connectivity index (χ0v) is 19.7. The van der Waals surface area contributed by atoms with Crippen molar-refractivity contribution in [1.29, 1.82) is 0 Å². The van der Waals surface area contributed by atoms with Crippen LogP contribution in [0, 0.1) is 11.6 Å². The summed E-state index contributed by atoms with van der Waals surface area (Å²) in [6.07, 6.45) is -3.44. The van der Waals surface area contributed by atoms with Crippen LogP contribution in [-0.2, 0) is 6.18 Å². The summed E-state index contributed by atoms with van der Waals surface area (Å²) in [4.78, 5) is 33.8. The van der Waals surface area contributed by atoms with E-state index in [9.17, 15) is 27.2 Å². The van der Waals surface area contributed by atoms with E-state index in [1.165, 1.54) is 24.4 Å². The third kappa shape index (κ3) is 5.55. The third-order valence-corrected chi connectivity index (χ3v) is 5.54. The van der Waals surface area contributed by atoms with Crippen molar-refractivity contribution in [2.45, 2.75) is 6.18 Å². The van der Waals surface area contributed by atoms with Crippen LogP contribution in [0.3, 0.4) is 0 Å². The number of nitrogens with zero attached hydrogens (tertiary/aromatic N) is 2. The van der Waals surface area contributed by atoms with Crippen molar-refractivity contribution in [3.63, 3.8) is 0 Å². The van der Waals surface area contributed by atoms with Crippen molar-refractivity contribution in [2.75, 3.05) is 18.5 Å². The number of aliphatic hydroxyl groups excluding tert-OH is 1. The van der Waals surface area contributed by atoms with Crippen molar-refractivity contribution in [1.82, 2.24) is 9.97 Å². The summed E-state index contributed by atoms with van der Waals surface area (Å²) >= 11 is 5.63. The Morgan fingerprint density at radius 1 is 1.00 bits per heavy atom. The first-order chi connectivity index (χ1) is 18.0. The summed E-state index contributed by atoms with van der Waals surface area (Å²) in [7, 11) is 0. The highest BCUT2D eigenvalue weighted by molar-refractivity contribution is 6.32. The molecule has 0 saturated heterocycles. The van der Waals surface area contributed by atoms with Crippen LogP contribution in [0.1, 0.15) is 31.8 Å². The lowest BCUT2D eigenvalue weighted by molar-refractivity contribution is -0.137. The van der Waals surface area contributed by atoms with Crippen LogP contribution in [0.25, 0.3) is 11.0 Å². The van der Waals surface area contributed by atoms with Gasteiger partial charge in [-0.15, -0.1) is 0 Å². The average molecular weight is 552 g/mol. The molecule has 2 N–H and O–H groups in total. The Morgan fingerprint density at radius 2 is 1.74 bits per heavy atom. The maximum atomic E-state index is 15.2. The molecule has 0 aliphatic heterocycles. The van der Waals surface area contributed by atoms with Gasteiger partial charge in [0.15, 0.2) is 11.6 Å². The quantitative estimate of drug-likeness (QED) is 0.234. The first-order valence-corrected chi connectivity index (χ1v) is 11.1. The highest BCUT2D eigenvalue weighted by atomic mass is 35.5. The van der Waals surface area contributed by atoms with E-state index in [1.54, 1.807) is 0 Å². The smallest absolute Gasteiger partial charge is 0.417 e. The van der Waals surface area contributed by atoms with Crippen LogP contribution in [0.15, 0.2) is 54.7 Å². The van der Waals surface area contributed by atoms with Crippen molar-refractivity contribution in [3.05, 3.63) is 93.6 Å². The number of rotatable bonds is 7. The Hall–Kier alpha value is -4.16. The minimum atomic E-state index is -4.74. The molecule has 7 nitrogen and oxygen atoms in total. The number of amides is 1. The fourth-order valence-corrected chi connectivity index (χ4v) is 3.73. The number of benzene rings is 3. The first-order valence-electron chi connectivity index (χ1n) is 10.7. The van der Waals surface area contributed by atoms with Gasteiger partial charge in [0.2, 0.25) is 5.88 Å². The summed E-state index contributed by atoms with van der Waals surface area (Å²) in [5, 5.41) is 10.2. The number of hydrogen-bond donors (Lipinski definition) is 2. The lowest BCUT2D eigenvalue weighted by atomic mass is 10.0. The van der Waals surface area contributed by atoms with Gasteiger partial charge in [-0.3, -0.25) is 9.59 Å². The SMILES string of the molecule is O=C(Nc1ccc(F)c(C(=O)c2ccc3ncc(OCCO)nc3c2)c1F)c1ccc(C(F)(F)F)c(Cl)c1. The van der Waals surface area contributed by atoms with Gasteiger partial charge in [-0.05, 0) is 48.5 Å². The molecule has 38 heavy (non-hydrogen) atoms. The van der Waals surface area contributed by atoms with E-state index in [0.717, 1.165) is 24.3 Å². The summed E-state index contributed by atoms with van der Waals surface area (Å²) < 4.78 is 73.7. The van der Waals surface area contributed by atoms with Gasteiger partial charge in [-0.1, -0.05) is 11.6 Å². The minimum Gasteiger partial charge on any atom is -0.474 e. The highest BCUT2D eigenvalue weighted by Gasteiger charge is 2.33. The number of ketones is 1. The molecule has 0 fully saturated rings. The number of carbonyl (C=O) groups is 2. The number of nitrogens with one attached hydrogen (secondary N) is 1. The maximum absolute atomic E-state index is 15.2. The number of fused-ring (bicyclic) bond motifs is 1. The number of alkyl halides is 3. The number of aliphatic hydroxyl groups is 1. The van der Waals surface area contributed by atoms with E-state index >= 15 is 4.39 Å². The summed E-state index contributed by atoms with van der Waals surface area (Å²) in [6, 6.07) is 7.73. The lowest BCUT2D eigenvalue weighted by Gasteiger charge is -2.12. The average Bonchev–Trinajstić information content (AvgIpc) is 2.87. The fraction of sp³-hybridized carbons (Fsp3) is 0.120. The predicted octanol–water partition coefficient (Wildman–Crippen LogP) is 5.43. The molecule has 0 spiro atoms. The largest absolute Gasteiger partial charge is 0.474 e. The number of anilines is 1. The fourth-order valence-electron chi connectivity index (χ4n) is 3.44. The van der Waals surface area contributed by atoms with Gasteiger partial charge in [-0.25, -0.2) is 18.7 Å². The minimum absolute atomic E-state index is 0.0492. The molecule has 13 heteroatoms. The summed E-state index contributed by atoms with van der Waals surface area (Å²) in [5.74, 6) is -4.66. The molecule has 3 aromatic carbocycles.